The van der Waals surface area contributed by atoms with E-state index in [1.165, 1.54) is 5.57 Å². The molecule has 3 nitrogen and oxygen atoms in total. The molecular weight excluding hydrogens is 316 g/mol. The predicted octanol–water partition coefficient (Wildman–Crippen LogP) is 3.35. The van der Waals surface area contributed by atoms with E-state index in [0.29, 0.717) is 23.2 Å². The summed E-state index contributed by atoms with van der Waals surface area (Å²) in [7, 11) is 0. The molecule has 1 rings (SSSR count). The van der Waals surface area contributed by atoms with Gasteiger partial charge in [0.2, 0.25) is 0 Å². The van der Waals surface area contributed by atoms with Gasteiger partial charge in [0, 0.05) is 29.1 Å². The molecule has 0 fully saturated rings. The van der Waals surface area contributed by atoms with Crippen LogP contribution in [0.4, 0.5) is 0 Å². The zero-order valence-electron chi connectivity index (χ0n) is 14.3. The fraction of sp³-hybridized carbons (Fsp3) is 0.824. The second-order valence-corrected chi connectivity index (χ2v) is 8.42. The van der Waals surface area contributed by atoms with Crippen LogP contribution in [0.2, 0.25) is 0 Å². The molecule has 0 aliphatic heterocycles. The molecule has 0 bridgehead atoms. The molecule has 2 N–H and O–H groups in total. The van der Waals surface area contributed by atoms with Crippen LogP contribution in [0, 0.1) is 11.3 Å². The van der Waals surface area contributed by atoms with Crippen LogP contribution in [0.1, 0.15) is 47.0 Å². The van der Waals surface area contributed by atoms with E-state index in [9.17, 15) is 4.79 Å². The van der Waals surface area contributed by atoms with E-state index in [1.807, 2.05) is 0 Å². The number of ketones is 1. The highest BCUT2D eigenvalue weighted by atomic mass is 32.2. The van der Waals surface area contributed by atoms with Crippen molar-refractivity contribution in [3.05, 3.63) is 11.6 Å². The Hall–Kier alpha value is 0.0300. The van der Waals surface area contributed by atoms with Gasteiger partial charge >= 0.3 is 0 Å². The largest absolute Gasteiger partial charge is 0.396 e. The molecule has 0 saturated carbocycles. The van der Waals surface area contributed by atoms with Crippen LogP contribution in [-0.2, 0) is 4.79 Å². The van der Waals surface area contributed by atoms with Crippen LogP contribution in [0.3, 0.4) is 0 Å². The third-order valence-corrected chi connectivity index (χ3v) is 5.25. The lowest BCUT2D eigenvalue weighted by Gasteiger charge is -2.37. The first-order chi connectivity index (χ1) is 10.3. The normalized spacial score (nSPS) is 21.4. The van der Waals surface area contributed by atoms with Gasteiger partial charge in [0.1, 0.15) is 5.78 Å². The van der Waals surface area contributed by atoms with E-state index in [4.69, 9.17) is 10.2 Å². The number of carbonyl (C=O) groups excluding carboxylic acids is 1. The zero-order valence-corrected chi connectivity index (χ0v) is 16.1. The topological polar surface area (TPSA) is 57.5 Å². The van der Waals surface area contributed by atoms with Crippen molar-refractivity contribution in [2.75, 3.05) is 24.7 Å². The molecule has 5 heteroatoms. The van der Waals surface area contributed by atoms with E-state index in [-0.39, 0.29) is 24.5 Å². The molecular formula is C17H32O3S2. The number of hydrogen-bond donors (Lipinski definition) is 3. The lowest BCUT2D eigenvalue weighted by atomic mass is 9.66. The summed E-state index contributed by atoms with van der Waals surface area (Å²) in [5.41, 5.74) is 1.34. The summed E-state index contributed by atoms with van der Waals surface area (Å²) >= 11 is 5.35. The fourth-order valence-electron chi connectivity index (χ4n) is 2.95. The predicted molar refractivity (Wildman–Crippen MR) is 99.8 cm³/mol. The summed E-state index contributed by atoms with van der Waals surface area (Å²) in [6, 6.07) is 0. The Morgan fingerprint density at radius 1 is 1.45 bits per heavy atom. The Balaban J connectivity index is 0.000000980. The van der Waals surface area contributed by atoms with Crippen molar-refractivity contribution in [1.29, 1.82) is 0 Å². The summed E-state index contributed by atoms with van der Waals surface area (Å²) in [4.78, 5) is 12.5. The molecule has 0 amide bonds. The second kappa shape index (κ2) is 11.5. The van der Waals surface area contributed by atoms with Gasteiger partial charge in [-0.15, -0.1) is 0 Å². The highest BCUT2D eigenvalue weighted by Crippen LogP contribution is 2.42. The molecule has 0 saturated heterocycles. The minimum absolute atomic E-state index is 0.0865. The Bertz CT molecular complexity index is 352. The summed E-state index contributed by atoms with van der Waals surface area (Å²) < 4.78 is 0. The second-order valence-electron chi connectivity index (χ2n) is 6.43. The third-order valence-electron chi connectivity index (χ3n) is 3.90. The van der Waals surface area contributed by atoms with Gasteiger partial charge in [0.05, 0.1) is 13.2 Å². The van der Waals surface area contributed by atoms with Crippen molar-refractivity contribution in [2.24, 2.45) is 11.3 Å². The summed E-state index contributed by atoms with van der Waals surface area (Å²) in [5.74, 6) is 1.74. The molecule has 130 valence electrons. The summed E-state index contributed by atoms with van der Waals surface area (Å²) in [6.45, 7) is 8.96. The highest BCUT2D eigenvalue weighted by Gasteiger charge is 2.37. The van der Waals surface area contributed by atoms with E-state index in [1.54, 1.807) is 11.8 Å². The number of hydrogen-bond acceptors (Lipinski definition) is 5. The molecule has 0 aromatic rings. The van der Waals surface area contributed by atoms with Crippen LogP contribution in [0.5, 0.6) is 0 Å². The average molecular weight is 349 g/mol. The lowest BCUT2D eigenvalue weighted by Crippen LogP contribution is -2.35. The molecule has 22 heavy (non-hydrogen) atoms. The van der Waals surface area contributed by atoms with Crippen molar-refractivity contribution in [2.45, 2.75) is 52.2 Å². The quantitative estimate of drug-likeness (QED) is 0.488. The smallest absolute Gasteiger partial charge is 0.141 e. The van der Waals surface area contributed by atoms with Gasteiger partial charge in [0.15, 0.2) is 0 Å². The molecule has 1 aliphatic rings. The Labute approximate surface area is 145 Å². The first-order valence-electron chi connectivity index (χ1n) is 7.93. The number of aliphatic hydroxyl groups excluding tert-OH is 2. The molecule has 0 heterocycles. The maximum absolute atomic E-state index is 12.5. The van der Waals surface area contributed by atoms with Crippen LogP contribution in [-0.4, -0.2) is 46.0 Å². The molecule has 0 aromatic heterocycles. The SMILES string of the molecule is CC1=CCCC(C)(C)C1C(=O)CC(C)SCCO.OCCS. The number of thiol groups is 1. The molecule has 1 aliphatic carbocycles. The maximum atomic E-state index is 12.5. The van der Waals surface area contributed by atoms with Gasteiger partial charge < -0.3 is 10.2 Å². The molecule has 2 unspecified atom stereocenters. The van der Waals surface area contributed by atoms with Crippen molar-refractivity contribution < 1.29 is 15.0 Å². The van der Waals surface area contributed by atoms with E-state index < -0.39 is 0 Å². The Morgan fingerprint density at radius 3 is 2.50 bits per heavy atom. The van der Waals surface area contributed by atoms with Crippen LogP contribution >= 0.6 is 24.4 Å². The van der Waals surface area contributed by atoms with Gasteiger partial charge in [-0.1, -0.05) is 32.4 Å². The van der Waals surface area contributed by atoms with Crippen molar-refractivity contribution >= 4 is 30.2 Å². The highest BCUT2D eigenvalue weighted by molar-refractivity contribution is 7.99. The van der Waals surface area contributed by atoms with Crippen LogP contribution in [0.25, 0.3) is 0 Å². The summed E-state index contributed by atoms with van der Waals surface area (Å²) in [6.07, 6.45) is 5.03. The number of thioether (sulfide) groups is 1. The lowest BCUT2D eigenvalue weighted by molar-refractivity contribution is -0.125. The van der Waals surface area contributed by atoms with E-state index >= 15 is 0 Å². The van der Waals surface area contributed by atoms with E-state index in [0.717, 1.165) is 18.6 Å². The van der Waals surface area contributed by atoms with Crippen molar-refractivity contribution in [3.63, 3.8) is 0 Å². The molecule has 0 spiro atoms. The fourth-order valence-corrected chi connectivity index (χ4v) is 3.74. The molecule has 0 radical (unpaired) electrons. The first kappa shape index (κ1) is 22.0. The molecule has 2 atom stereocenters. The minimum atomic E-state index is 0.0865. The number of allylic oxidation sites excluding steroid dienone is 2. The monoisotopic (exact) mass is 348 g/mol. The third kappa shape index (κ3) is 8.04. The van der Waals surface area contributed by atoms with Gasteiger partial charge in [-0.2, -0.15) is 24.4 Å². The van der Waals surface area contributed by atoms with Gasteiger partial charge in [-0.25, -0.2) is 0 Å². The first-order valence-corrected chi connectivity index (χ1v) is 9.61. The zero-order chi connectivity index (χ0) is 17.2. The van der Waals surface area contributed by atoms with Gasteiger partial charge in [-0.05, 0) is 25.2 Å². The number of Topliss-reactive ketones (excluding diaryl/α,β-unsaturated/α-hetero) is 1. The minimum Gasteiger partial charge on any atom is -0.396 e. The van der Waals surface area contributed by atoms with Crippen molar-refractivity contribution in [1.82, 2.24) is 0 Å². The Kier molecular flexibility index (Phi) is 11.6. The van der Waals surface area contributed by atoms with Crippen molar-refractivity contribution in [3.8, 4) is 0 Å². The number of carbonyl (C=O) groups is 1. The number of rotatable bonds is 7. The van der Waals surface area contributed by atoms with Crippen LogP contribution in [0.15, 0.2) is 11.6 Å². The average Bonchev–Trinajstić information content (AvgIpc) is 2.44. The number of aliphatic hydroxyl groups is 2. The molecule has 0 aromatic carbocycles. The maximum Gasteiger partial charge on any atom is 0.141 e. The standard InChI is InChI=1S/C15H26O2S.C2H6OS/c1-11-6-5-7-15(3,4)14(11)13(17)10-12(2)18-9-8-16;3-1-2-4/h6,12,14,16H,5,7-10H2,1-4H3;3-4H,1-2H2. The van der Waals surface area contributed by atoms with Gasteiger partial charge in [0.25, 0.3) is 0 Å². The Morgan fingerprint density at radius 2 is 2.05 bits per heavy atom. The summed E-state index contributed by atoms with van der Waals surface area (Å²) in [5, 5.41) is 16.9. The van der Waals surface area contributed by atoms with Gasteiger partial charge in [-0.3, -0.25) is 4.79 Å². The van der Waals surface area contributed by atoms with Crippen LogP contribution < -0.4 is 0 Å². The van der Waals surface area contributed by atoms with E-state index in [2.05, 4.69) is 46.4 Å².